The van der Waals surface area contributed by atoms with Crippen molar-refractivity contribution in [2.75, 3.05) is 13.1 Å². The van der Waals surface area contributed by atoms with Crippen LogP contribution in [0.1, 0.15) is 19.8 Å². The maximum Gasteiger partial charge on any atom is 0.236 e. The van der Waals surface area contributed by atoms with Crippen LogP contribution in [0.15, 0.2) is 0 Å². The molecule has 0 heterocycles. The summed E-state index contributed by atoms with van der Waals surface area (Å²) in [5, 5.41) is 2.42. The zero-order valence-electron chi connectivity index (χ0n) is 7.88. The number of hydrogen-bond acceptors (Lipinski definition) is 3. The third kappa shape index (κ3) is 5.19. The fourth-order valence-electron chi connectivity index (χ4n) is 1.02. The van der Waals surface area contributed by atoms with Crippen LogP contribution in [-0.2, 0) is 9.59 Å². The van der Waals surface area contributed by atoms with E-state index in [4.69, 9.17) is 11.5 Å². The summed E-state index contributed by atoms with van der Waals surface area (Å²) < 4.78 is 0. The lowest BCUT2D eigenvalue weighted by Crippen LogP contribution is -2.39. The Hall–Kier alpha value is -1.10. The minimum atomic E-state index is -0.541. The third-order valence-corrected chi connectivity index (χ3v) is 1.73. The molecule has 0 saturated heterocycles. The van der Waals surface area contributed by atoms with E-state index in [2.05, 4.69) is 5.32 Å². The molecule has 0 aromatic carbocycles. The largest absolute Gasteiger partial charge is 0.368 e. The number of rotatable bonds is 6. The van der Waals surface area contributed by atoms with Crippen LogP contribution < -0.4 is 16.8 Å². The quantitative estimate of drug-likeness (QED) is 0.495. The van der Waals surface area contributed by atoms with Gasteiger partial charge in [-0.05, 0) is 6.42 Å². The molecule has 0 saturated carbocycles. The van der Waals surface area contributed by atoms with Crippen LogP contribution in [0.5, 0.6) is 0 Å². The lowest BCUT2D eigenvalue weighted by molar-refractivity contribution is -0.127. The maximum absolute atomic E-state index is 11.3. The molecule has 0 rings (SSSR count). The molecule has 1 atom stereocenters. The Balaban J connectivity index is 3.84. The molecule has 0 radical (unpaired) electrons. The van der Waals surface area contributed by atoms with Crippen LogP contribution >= 0.6 is 0 Å². The monoisotopic (exact) mass is 187 g/mol. The zero-order chi connectivity index (χ0) is 10.3. The summed E-state index contributed by atoms with van der Waals surface area (Å²) in [7, 11) is 0. The molecule has 0 fully saturated rings. The van der Waals surface area contributed by atoms with Gasteiger partial charge in [0.1, 0.15) is 0 Å². The van der Waals surface area contributed by atoms with E-state index >= 15 is 0 Å². The van der Waals surface area contributed by atoms with Crippen LogP contribution in [-0.4, -0.2) is 24.9 Å². The summed E-state index contributed by atoms with van der Waals surface area (Å²) in [6.45, 7) is 2.17. The minimum absolute atomic E-state index is 0.112. The predicted octanol–water partition coefficient (Wildman–Crippen LogP) is -1.04. The Morgan fingerprint density at radius 3 is 2.46 bits per heavy atom. The molecule has 1 unspecified atom stereocenters. The molecule has 0 aromatic heterocycles. The van der Waals surface area contributed by atoms with E-state index < -0.39 is 5.91 Å². The molecule has 0 spiro atoms. The number of primary amides is 1. The van der Waals surface area contributed by atoms with Crippen molar-refractivity contribution in [3.05, 3.63) is 0 Å². The van der Waals surface area contributed by atoms with Crippen molar-refractivity contribution in [2.45, 2.75) is 19.8 Å². The zero-order valence-corrected chi connectivity index (χ0v) is 7.88. The standard InChI is InChI=1S/C8H17N3O2/c1-2-3-6(4-9)8(13)11-5-7(10)12/h6H,2-5,9H2,1H3,(H2,10,12)(H,11,13). The number of nitrogens with two attached hydrogens (primary N) is 2. The maximum atomic E-state index is 11.3. The average molecular weight is 187 g/mol. The van der Waals surface area contributed by atoms with Gasteiger partial charge in [0.05, 0.1) is 12.5 Å². The van der Waals surface area contributed by atoms with Crippen LogP contribution in [0.25, 0.3) is 0 Å². The van der Waals surface area contributed by atoms with E-state index in [1.54, 1.807) is 0 Å². The molecule has 5 N–H and O–H groups in total. The van der Waals surface area contributed by atoms with Gasteiger partial charge in [-0.2, -0.15) is 0 Å². The van der Waals surface area contributed by atoms with Crippen molar-refractivity contribution in [1.82, 2.24) is 5.32 Å². The highest BCUT2D eigenvalue weighted by molar-refractivity contribution is 5.85. The third-order valence-electron chi connectivity index (χ3n) is 1.73. The number of carbonyl (C=O) groups is 2. The summed E-state index contributed by atoms with van der Waals surface area (Å²) in [6, 6.07) is 0. The molecule has 76 valence electrons. The number of nitrogens with one attached hydrogen (secondary N) is 1. The summed E-state index contributed by atoms with van der Waals surface area (Å²) in [4.78, 5) is 21.6. The molecule has 0 aliphatic rings. The van der Waals surface area contributed by atoms with Crippen LogP contribution in [0, 0.1) is 5.92 Å². The fraction of sp³-hybridized carbons (Fsp3) is 0.750. The molecule has 2 amide bonds. The molecular formula is C8H17N3O2. The Bertz CT molecular complexity index is 182. The molecule has 0 aliphatic heterocycles. The summed E-state index contributed by atoms with van der Waals surface area (Å²) in [5.41, 5.74) is 10.3. The number of amides is 2. The van der Waals surface area contributed by atoms with Crippen LogP contribution in [0.4, 0.5) is 0 Å². The molecule has 5 heteroatoms. The number of hydrogen-bond donors (Lipinski definition) is 3. The highest BCUT2D eigenvalue weighted by Gasteiger charge is 2.15. The predicted molar refractivity (Wildman–Crippen MR) is 49.7 cm³/mol. The van der Waals surface area contributed by atoms with Gasteiger partial charge in [-0.1, -0.05) is 13.3 Å². The van der Waals surface area contributed by atoms with E-state index in [1.165, 1.54) is 0 Å². The molecule has 13 heavy (non-hydrogen) atoms. The van der Waals surface area contributed by atoms with Crippen molar-refractivity contribution < 1.29 is 9.59 Å². The van der Waals surface area contributed by atoms with Gasteiger partial charge in [-0.3, -0.25) is 9.59 Å². The first kappa shape index (κ1) is 11.9. The van der Waals surface area contributed by atoms with E-state index in [9.17, 15) is 9.59 Å². The molecule has 0 aromatic rings. The van der Waals surface area contributed by atoms with Crippen molar-refractivity contribution in [1.29, 1.82) is 0 Å². The van der Waals surface area contributed by atoms with Gasteiger partial charge in [0.25, 0.3) is 0 Å². The highest BCUT2D eigenvalue weighted by atomic mass is 16.2. The average Bonchev–Trinajstić information content (AvgIpc) is 2.10. The lowest BCUT2D eigenvalue weighted by Gasteiger charge is -2.12. The summed E-state index contributed by atoms with van der Waals surface area (Å²) >= 11 is 0. The van der Waals surface area contributed by atoms with Crippen molar-refractivity contribution in [3.63, 3.8) is 0 Å². The first-order valence-corrected chi connectivity index (χ1v) is 4.37. The summed E-state index contributed by atoms with van der Waals surface area (Å²) in [5.74, 6) is -0.937. The minimum Gasteiger partial charge on any atom is -0.368 e. The van der Waals surface area contributed by atoms with Crippen molar-refractivity contribution >= 4 is 11.8 Å². The van der Waals surface area contributed by atoms with E-state index in [1.807, 2.05) is 6.92 Å². The van der Waals surface area contributed by atoms with Gasteiger partial charge in [0.2, 0.25) is 11.8 Å². The topological polar surface area (TPSA) is 98.2 Å². The van der Waals surface area contributed by atoms with Gasteiger partial charge in [-0.25, -0.2) is 0 Å². The molecule has 5 nitrogen and oxygen atoms in total. The second kappa shape index (κ2) is 6.42. The molecule has 0 aliphatic carbocycles. The second-order valence-electron chi connectivity index (χ2n) is 2.91. The number of carbonyl (C=O) groups excluding carboxylic acids is 2. The normalized spacial score (nSPS) is 12.2. The first-order chi connectivity index (χ1) is 6.11. The van der Waals surface area contributed by atoms with Crippen LogP contribution in [0.2, 0.25) is 0 Å². The molecular weight excluding hydrogens is 170 g/mol. The van der Waals surface area contributed by atoms with E-state index in [0.717, 1.165) is 12.8 Å². The van der Waals surface area contributed by atoms with Crippen molar-refractivity contribution in [2.24, 2.45) is 17.4 Å². The first-order valence-electron chi connectivity index (χ1n) is 4.37. The lowest BCUT2D eigenvalue weighted by atomic mass is 10.0. The van der Waals surface area contributed by atoms with E-state index in [0.29, 0.717) is 6.54 Å². The highest BCUT2D eigenvalue weighted by Crippen LogP contribution is 2.03. The van der Waals surface area contributed by atoms with Gasteiger partial charge in [-0.15, -0.1) is 0 Å². The Kier molecular flexibility index (Phi) is 5.88. The second-order valence-corrected chi connectivity index (χ2v) is 2.91. The Morgan fingerprint density at radius 1 is 1.46 bits per heavy atom. The molecule has 0 bridgehead atoms. The van der Waals surface area contributed by atoms with Gasteiger partial charge in [0.15, 0.2) is 0 Å². The summed E-state index contributed by atoms with van der Waals surface area (Å²) in [6.07, 6.45) is 1.63. The van der Waals surface area contributed by atoms with Crippen molar-refractivity contribution in [3.8, 4) is 0 Å². The van der Waals surface area contributed by atoms with Gasteiger partial charge in [0, 0.05) is 6.54 Å². The van der Waals surface area contributed by atoms with Gasteiger partial charge < -0.3 is 16.8 Å². The Labute approximate surface area is 77.8 Å². The SMILES string of the molecule is CCCC(CN)C(=O)NCC(N)=O. The fourth-order valence-corrected chi connectivity index (χ4v) is 1.02. The smallest absolute Gasteiger partial charge is 0.236 e. The van der Waals surface area contributed by atoms with Gasteiger partial charge >= 0.3 is 0 Å². The van der Waals surface area contributed by atoms with Crippen LogP contribution in [0.3, 0.4) is 0 Å². The Morgan fingerprint density at radius 2 is 2.08 bits per heavy atom. The van der Waals surface area contributed by atoms with E-state index in [-0.39, 0.29) is 18.4 Å².